The van der Waals surface area contributed by atoms with E-state index < -0.39 is 0 Å². The minimum atomic E-state index is -0.238. The highest BCUT2D eigenvalue weighted by Gasteiger charge is 2.18. The van der Waals surface area contributed by atoms with Gasteiger partial charge in [-0.05, 0) is 57.8 Å². The van der Waals surface area contributed by atoms with Crippen molar-refractivity contribution in [3.8, 4) is 0 Å². The largest absolute Gasteiger partial charge is 0.145 e. The fourth-order valence-corrected chi connectivity index (χ4v) is 4.01. The lowest BCUT2D eigenvalue weighted by Crippen LogP contribution is -1.94. The second kappa shape index (κ2) is 5.44. The second-order valence-electron chi connectivity index (χ2n) is 3.16. The Balaban J connectivity index is 2.45. The first kappa shape index (κ1) is 13.0. The molecule has 1 heterocycles. The van der Waals surface area contributed by atoms with Gasteiger partial charge in [-0.25, -0.2) is 0 Å². The summed E-state index contributed by atoms with van der Waals surface area (Å²) < 4.78 is 1.09. The first-order chi connectivity index (χ1) is 7.59. The van der Waals surface area contributed by atoms with Crippen LogP contribution < -0.4 is 0 Å². The monoisotopic (exact) mass is 402 g/mol. The van der Waals surface area contributed by atoms with Crippen LogP contribution in [0.4, 0.5) is 0 Å². The van der Waals surface area contributed by atoms with E-state index >= 15 is 0 Å². The van der Waals surface area contributed by atoms with E-state index in [4.69, 9.17) is 34.8 Å². The summed E-state index contributed by atoms with van der Waals surface area (Å²) in [5, 5.41) is 3.09. The Hall–Kier alpha value is 0.520. The molecular weight excluding hydrogens is 397 g/mol. The third-order valence-electron chi connectivity index (χ3n) is 2.11. The highest BCUT2D eigenvalue weighted by molar-refractivity contribution is 14.1. The van der Waals surface area contributed by atoms with Gasteiger partial charge in [-0.1, -0.05) is 23.2 Å². The Bertz CT molecular complexity index is 510. The lowest BCUT2D eigenvalue weighted by molar-refractivity contribution is 1.17. The summed E-state index contributed by atoms with van der Waals surface area (Å²) in [5.74, 6) is 0. The number of hydrogen-bond donors (Lipinski definition) is 0. The zero-order valence-corrected chi connectivity index (χ0v) is 13.1. The molecule has 0 aliphatic rings. The van der Waals surface area contributed by atoms with Gasteiger partial charge in [0.25, 0.3) is 0 Å². The van der Waals surface area contributed by atoms with Crippen LogP contribution >= 0.6 is 68.7 Å². The minimum Gasteiger partial charge on any atom is -0.145 e. The number of halogens is 4. The average molecular weight is 403 g/mol. The van der Waals surface area contributed by atoms with Crippen LogP contribution in [0.1, 0.15) is 15.8 Å². The number of benzene rings is 1. The van der Waals surface area contributed by atoms with Crippen molar-refractivity contribution >= 4 is 68.7 Å². The molecule has 1 aromatic heterocycles. The highest BCUT2D eigenvalue weighted by Crippen LogP contribution is 2.39. The molecule has 0 saturated carbocycles. The number of thiophene rings is 1. The summed E-state index contributed by atoms with van der Waals surface area (Å²) in [4.78, 5) is 0.962. The van der Waals surface area contributed by atoms with Crippen molar-refractivity contribution in [1.29, 1.82) is 0 Å². The van der Waals surface area contributed by atoms with Gasteiger partial charge in [0.15, 0.2) is 0 Å². The van der Waals surface area contributed by atoms with E-state index in [2.05, 4.69) is 22.6 Å². The molecule has 0 nitrogen and oxygen atoms in total. The highest BCUT2D eigenvalue weighted by atomic mass is 127. The van der Waals surface area contributed by atoms with Gasteiger partial charge in [0.1, 0.15) is 0 Å². The van der Waals surface area contributed by atoms with Crippen LogP contribution in [0.25, 0.3) is 0 Å². The molecule has 2 rings (SSSR count). The van der Waals surface area contributed by atoms with Gasteiger partial charge in [0.05, 0.1) is 10.4 Å². The molecule has 0 radical (unpaired) electrons. The summed E-state index contributed by atoms with van der Waals surface area (Å²) in [6.45, 7) is 0. The van der Waals surface area contributed by atoms with Crippen LogP contribution in [0.3, 0.4) is 0 Å². The van der Waals surface area contributed by atoms with Crippen molar-refractivity contribution in [2.45, 2.75) is 5.38 Å². The molecule has 0 saturated heterocycles. The molecular formula is C11H6Cl3IS. The molecule has 1 aromatic carbocycles. The normalized spacial score (nSPS) is 12.8. The lowest BCUT2D eigenvalue weighted by Gasteiger charge is -2.11. The molecule has 0 fully saturated rings. The second-order valence-corrected chi connectivity index (χ2v) is 6.55. The molecule has 2 aromatic rings. The van der Waals surface area contributed by atoms with Crippen LogP contribution in [0.15, 0.2) is 29.6 Å². The van der Waals surface area contributed by atoms with E-state index in [1.54, 1.807) is 11.3 Å². The fraction of sp³-hybridized carbons (Fsp3) is 0.0909. The van der Waals surface area contributed by atoms with Crippen LogP contribution in [0.2, 0.25) is 10.0 Å². The Kier molecular flexibility index (Phi) is 4.41. The maximum Gasteiger partial charge on any atom is 0.0953 e. The van der Waals surface area contributed by atoms with Crippen molar-refractivity contribution in [3.63, 3.8) is 0 Å². The van der Waals surface area contributed by atoms with Gasteiger partial charge in [0.2, 0.25) is 0 Å². The van der Waals surface area contributed by atoms with E-state index in [1.165, 1.54) is 0 Å². The predicted octanol–water partition coefficient (Wildman–Crippen LogP) is 5.99. The van der Waals surface area contributed by atoms with Gasteiger partial charge in [0, 0.05) is 13.5 Å². The molecule has 0 spiro atoms. The molecule has 0 aliphatic heterocycles. The van der Waals surface area contributed by atoms with E-state index in [-0.39, 0.29) is 5.38 Å². The predicted molar refractivity (Wildman–Crippen MR) is 81.2 cm³/mol. The van der Waals surface area contributed by atoms with E-state index in [0.717, 1.165) is 14.0 Å². The lowest BCUT2D eigenvalue weighted by atomic mass is 10.1. The first-order valence-electron chi connectivity index (χ1n) is 4.41. The van der Waals surface area contributed by atoms with Crippen molar-refractivity contribution in [1.82, 2.24) is 0 Å². The van der Waals surface area contributed by atoms with Gasteiger partial charge in [-0.2, -0.15) is 0 Å². The van der Waals surface area contributed by atoms with Crippen molar-refractivity contribution in [2.24, 2.45) is 0 Å². The van der Waals surface area contributed by atoms with Crippen molar-refractivity contribution in [2.75, 3.05) is 0 Å². The quantitative estimate of drug-likeness (QED) is 0.427. The maximum absolute atomic E-state index is 6.42. The Morgan fingerprint density at radius 1 is 1.19 bits per heavy atom. The average Bonchev–Trinajstić information content (AvgIpc) is 2.67. The van der Waals surface area contributed by atoms with Crippen LogP contribution in [-0.4, -0.2) is 0 Å². The van der Waals surface area contributed by atoms with E-state index in [1.807, 2.05) is 29.6 Å². The topological polar surface area (TPSA) is 0 Å². The minimum absolute atomic E-state index is 0.238. The SMILES string of the molecule is Clc1ccc(I)c(C(Cl)c2sccc2Cl)c1. The van der Waals surface area contributed by atoms with Crippen LogP contribution in [0, 0.1) is 3.57 Å². The Morgan fingerprint density at radius 2 is 1.94 bits per heavy atom. The molecule has 0 bridgehead atoms. The number of alkyl halides is 1. The van der Waals surface area contributed by atoms with Gasteiger partial charge in [-0.15, -0.1) is 22.9 Å². The Labute approximate surface area is 127 Å². The van der Waals surface area contributed by atoms with E-state index in [9.17, 15) is 0 Å². The summed E-state index contributed by atoms with van der Waals surface area (Å²) in [7, 11) is 0. The van der Waals surface area contributed by atoms with Gasteiger partial charge in [-0.3, -0.25) is 0 Å². The number of hydrogen-bond acceptors (Lipinski definition) is 1. The molecule has 1 atom stereocenters. The zero-order valence-electron chi connectivity index (χ0n) is 7.88. The molecule has 0 amide bonds. The van der Waals surface area contributed by atoms with Crippen LogP contribution in [-0.2, 0) is 0 Å². The standard InChI is InChI=1S/C11H6Cl3IS/c12-6-1-2-9(15)7(5-6)10(14)11-8(13)3-4-16-11/h1-5,10H. The molecule has 5 heteroatoms. The first-order valence-corrected chi connectivity index (χ1v) is 7.56. The molecule has 84 valence electrons. The number of rotatable bonds is 2. The van der Waals surface area contributed by atoms with Crippen molar-refractivity contribution in [3.05, 3.63) is 53.7 Å². The molecule has 0 aliphatic carbocycles. The molecule has 0 N–H and O–H groups in total. The van der Waals surface area contributed by atoms with Gasteiger partial charge < -0.3 is 0 Å². The zero-order chi connectivity index (χ0) is 11.7. The Morgan fingerprint density at radius 3 is 2.56 bits per heavy atom. The molecule has 16 heavy (non-hydrogen) atoms. The van der Waals surface area contributed by atoms with E-state index in [0.29, 0.717) is 10.0 Å². The molecule has 1 unspecified atom stereocenters. The third-order valence-corrected chi connectivity index (χ3v) is 5.33. The third kappa shape index (κ3) is 2.67. The van der Waals surface area contributed by atoms with Crippen molar-refractivity contribution < 1.29 is 0 Å². The maximum atomic E-state index is 6.42. The van der Waals surface area contributed by atoms with Gasteiger partial charge >= 0.3 is 0 Å². The summed E-state index contributed by atoms with van der Waals surface area (Å²) in [5.41, 5.74) is 0.999. The smallest absolute Gasteiger partial charge is 0.0953 e. The summed E-state index contributed by atoms with van der Waals surface area (Å²) in [6, 6.07) is 7.55. The summed E-state index contributed by atoms with van der Waals surface area (Å²) >= 11 is 22.3. The van der Waals surface area contributed by atoms with Crippen LogP contribution in [0.5, 0.6) is 0 Å². The summed E-state index contributed by atoms with van der Waals surface area (Å²) in [6.07, 6.45) is 0. The fourth-order valence-electron chi connectivity index (χ4n) is 1.34.